The summed E-state index contributed by atoms with van der Waals surface area (Å²) in [6, 6.07) is 7.91. The highest BCUT2D eigenvalue weighted by atomic mass is 32.2. The average Bonchev–Trinajstić information content (AvgIpc) is 2.38. The predicted molar refractivity (Wildman–Crippen MR) is 75.3 cm³/mol. The number of aliphatic hydroxyl groups excluding tert-OH is 1. The third kappa shape index (κ3) is 2.76. The number of hydrogen-bond acceptors (Lipinski definition) is 4. The third-order valence-electron chi connectivity index (χ3n) is 2.91. The van der Waals surface area contributed by atoms with Crippen molar-refractivity contribution in [1.29, 1.82) is 0 Å². The van der Waals surface area contributed by atoms with Gasteiger partial charge in [-0.05, 0) is 36.6 Å². The summed E-state index contributed by atoms with van der Waals surface area (Å²) in [5.74, 6) is 0.841. The fraction of sp³-hybridized carbons (Fsp3) is 0.357. The minimum atomic E-state index is -0.356. The van der Waals surface area contributed by atoms with Crippen LogP contribution in [0.2, 0.25) is 0 Å². The maximum Gasteiger partial charge on any atom is 0.119 e. The molecular weight excluding hydrogens is 246 g/mol. The van der Waals surface area contributed by atoms with E-state index < -0.39 is 0 Å². The molecule has 1 aromatic carbocycles. The van der Waals surface area contributed by atoms with Crippen molar-refractivity contribution >= 4 is 22.5 Å². The second kappa shape index (κ2) is 5.59. The van der Waals surface area contributed by atoms with Crippen molar-refractivity contribution in [1.82, 2.24) is 4.98 Å². The number of thioether (sulfide) groups is 1. The highest BCUT2D eigenvalue weighted by molar-refractivity contribution is 8.00. The molecule has 1 heterocycles. The number of hydrogen-bond donors (Lipinski definition) is 1. The average molecular weight is 263 g/mol. The van der Waals surface area contributed by atoms with E-state index in [2.05, 4.69) is 4.98 Å². The normalized spacial score (nSPS) is 14.4. The van der Waals surface area contributed by atoms with E-state index in [1.54, 1.807) is 32.0 Å². The molecule has 2 unspecified atom stereocenters. The summed E-state index contributed by atoms with van der Waals surface area (Å²) in [6.07, 6.45) is 1.43. The molecule has 0 radical (unpaired) electrons. The molecule has 0 aliphatic rings. The Morgan fingerprint density at radius 1 is 1.28 bits per heavy atom. The number of benzene rings is 1. The number of rotatable bonds is 4. The van der Waals surface area contributed by atoms with E-state index in [1.165, 1.54) is 0 Å². The van der Waals surface area contributed by atoms with E-state index >= 15 is 0 Å². The Hall–Kier alpha value is -1.26. The lowest BCUT2D eigenvalue weighted by Crippen LogP contribution is -2.15. The van der Waals surface area contributed by atoms with Crippen LogP contribution >= 0.6 is 11.8 Å². The smallest absolute Gasteiger partial charge is 0.119 e. The van der Waals surface area contributed by atoms with Crippen molar-refractivity contribution < 1.29 is 9.84 Å². The molecule has 0 saturated carbocycles. The van der Waals surface area contributed by atoms with Gasteiger partial charge in [0.2, 0.25) is 0 Å². The number of nitrogens with zero attached hydrogens (tertiary/aromatic N) is 1. The predicted octanol–water partition coefficient (Wildman–Crippen LogP) is 3.10. The lowest BCUT2D eigenvalue weighted by molar-refractivity contribution is 0.196. The van der Waals surface area contributed by atoms with Crippen LogP contribution < -0.4 is 4.74 Å². The second-order valence-electron chi connectivity index (χ2n) is 4.27. The summed E-state index contributed by atoms with van der Waals surface area (Å²) < 4.78 is 5.21. The fourth-order valence-corrected chi connectivity index (χ4v) is 2.61. The van der Waals surface area contributed by atoms with Gasteiger partial charge >= 0.3 is 0 Å². The summed E-state index contributed by atoms with van der Waals surface area (Å²) in [5.41, 5.74) is 0. The summed E-state index contributed by atoms with van der Waals surface area (Å²) in [4.78, 5) is 4.40. The van der Waals surface area contributed by atoms with E-state index in [4.69, 9.17) is 4.74 Å². The molecule has 1 N–H and O–H groups in total. The molecule has 96 valence electrons. The zero-order valence-electron chi connectivity index (χ0n) is 10.8. The zero-order valence-corrected chi connectivity index (χ0v) is 11.6. The Balaban J connectivity index is 2.39. The number of pyridine rings is 1. The van der Waals surface area contributed by atoms with Crippen molar-refractivity contribution in [2.45, 2.75) is 30.2 Å². The van der Waals surface area contributed by atoms with Gasteiger partial charge in [-0.25, -0.2) is 4.98 Å². The second-order valence-corrected chi connectivity index (χ2v) is 5.63. The van der Waals surface area contributed by atoms with Crippen LogP contribution in [0.1, 0.15) is 13.8 Å². The van der Waals surface area contributed by atoms with Crippen LogP contribution in [0.15, 0.2) is 35.5 Å². The zero-order chi connectivity index (χ0) is 13.1. The Morgan fingerprint density at radius 2 is 2.06 bits per heavy atom. The summed E-state index contributed by atoms with van der Waals surface area (Å²) in [6.45, 7) is 3.80. The van der Waals surface area contributed by atoms with Gasteiger partial charge in [-0.2, -0.15) is 0 Å². The number of aromatic nitrogens is 1. The fourth-order valence-electron chi connectivity index (χ4n) is 1.62. The Labute approximate surface area is 111 Å². The van der Waals surface area contributed by atoms with Gasteiger partial charge in [-0.3, -0.25) is 0 Å². The van der Waals surface area contributed by atoms with Gasteiger partial charge in [0.25, 0.3) is 0 Å². The van der Waals surface area contributed by atoms with E-state index in [9.17, 15) is 5.11 Å². The Bertz CT molecular complexity index is 542. The first-order valence-corrected chi connectivity index (χ1v) is 6.77. The van der Waals surface area contributed by atoms with Gasteiger partial charge in [-0.15, -0.1) is 11.8 Å². The molecule has 0 spiro atoms. The van der Waals surface area contributed by atoms with Crippen LogP contribution in [0.3, 0.4) is 0 Å². The first-order valence-electron chi connectivity index (χ1n) is 5.89. The topological polar surface area (TPSA) is 42.4 Å². The molecule has 1 aromatic heterocycles. The monoisotopic (exact) mass is 263 g/mol. The summed E-state index contributed by atoms with van der Waals surface area (Å²) >= 11 is 1.59. The lowest BCUT2D eigenvalue weighted by Gasteiger charge is -2.14. The van der Waals surface area contributed by atoms with Gasteiger partial charge in [0.1, 0.15) is 10.8 Å². The first-order chi connectivity index (χ1) is 8.61. The molecule has 2 aromatic rings. The summed E-state index contributed by atoms with van der Waals surface area (Å²) in [5, 5.41) is 12.8. The van der Waals surface area contributed by atoms with Crippen molar-refractivity contribution in [3.63, 3.8) is 0 Å². The molecule has 3 nitrogen and oxygen atoms in total. The summed E-state index contributed by atoms with van der Waals surface area (Å²) in [7, 11) is 1.66. The molecule has 18 heavy (non-hydrogen) atoms. The quantitative estimate of drug-likeness (QED) is 0.861. The van der Waals surface area contributed by atoms with Gasteiger partial charge in [-0.1, -0.05) is 6.92 Å². The molecule has 4 heteroatoms. The van der Waals surface area contributed by atoms with Crippen LogP contribution in [0, 0.1) is 0 Å². The van der Waals surface area contributed by atoms with Crippen LogP contribution in [0.5, 0.6) is 5.75 Å². The molecule has 2 atom stereocenters. The molecule has 0 fully saturated rings. The van der Waals surface area contributed by atoms with Crippen LogP contribution in [0.25, 0.3) is 10.8 Å². The molecule has 0 aliphatic carbocycles. The highest BCUT2D eigenvalue weighted by Gasteiger charge is 2.13. The molecule has 0 amide bonds. The SMILES string of the molecule is COc1ccc2c(SC(C)C(C)O)nccc2c1. The maximum absolute atomic E-state index is 9.57. The number of fused-ring (bicyclic) bond motifs is 1. The van der Waals surface area contributed by atoms with Crippen molar-refractivity contribution in [2.75, 3.05) is 7.11 Å². The van der Waals surface area contributed by atoms with E-state index in [0.29, 0.717) is 0 Å². The standard InChI is InChI=1S/C14H17NO2S/c1-9(16)10(2)18-14-13-5-4-12(17-3)8-11(13)6-7-15-14/h4-10,16H,1-3H3. The van der Waals surface area contributed by atoms with E-state index in [1.807, 2.05) is 31.2 Å². The van der Waals surface area contributed by atoms with Crippen molar-refractivity contribution in [2.24, 2.45) is 0 Å². The molecular formula is C14H17NO2S. The van der Waals surface area contributed by atoms with Crippen molar-refractivity contribution in [3.05, 3.63) is 30.5 Å². The third-order valence-corrected chi connectivity index (χ3v) is 4.23. The highest BCUT2D eigenvalue weighted by Crippen LogP contribution is 2.31. The number of ether oxygens (including phenoxy) is 1. The van der Waals surface area contributed by atoms with E-state index in [-0.39, 0.29) is 11.4 Å². The molecule has 0 bridgehead atoms. The van der Waals surface area contributed by atoms with Gasteiger partial charge in [0, 0.05) is 16.8 Å². The van der Waals surface area contributed by atoms with Crippen LogP contribution in [-0.2, 0) is 0 Å². The van der Waals surface area contributed by atoms with Gasteiger partial charge in [0.15, 0.2) is 0 Å². The van der Waals surface area contributed by atoms with E-state index in [0.717, 1.165) is 21.5 Å². The molecule has 0 saturated heterocycles. The van der Waals surface area contributed by atoms with Gasteiger partial charge in [0.05, 0.1) is 13.2 Å². The van der Waals surface area contributed by atoms with Crippen molar-refractivity contribution in [3.8, 4) is 5.75 Å². The number of methoxy groups -OCH3 is 1. The molecule has 2 rings (SSSR count). The van der Waals surface area contributed by atoms with Crippen LogP contribution in [-0.4, -0.2) is 28.6 Å². The van der Waals surface area contributed by atoms with Crippen LogP contribution in [0.4, 0.5) is 0 Å². The number of aliphatic hydroxyl groups is 1. The minimum absolute atomic E-state index is 0.116. The lowest BCUT2D eigenvalue weighted by atomic mass is 10.2. The molecule has 0 aliphatic heterocycles. The minimum Gasteiger partial charge on any atom is -0.497 e. The largest absolute Gasteiger partial charge is 0.497 e. The Morgan fingerprint density at radius 3 is 2.72 bits per heavy atom. The first kappa shape index (κ1) is 13.2. The Kier molecular flexibility index (Phi) is 4.09. The van der Waals surface area contributed by atoms with Gasteiger partial charge < -0.3 is 9.84 Å². The maximum atomic E-state index is 9.57.